The SMILES string of the molecule is CC(NCc1ncn[nH]1)c1cccc(F)c1. The summed E-state index contributed by atoms with van der Waals surface area (Å²) in [5.74, 6) is 0.550. The van der Waals surface area contributed by atoms with Gasteiger partial charge in [0.1, 0.15) is 18.0 Å². The molecule has 2 N–H and O–H groups in total. The number of rotatable bonds is 4. The van der Waals surface area contributed by atoms with Crippen LogP contribution in [-0.4, -0.2) is 15.2 Å². The van der Waals surface area contributed by atoms with Crippen LogP contribution in [0, 0.1) is 5.82 Å². The fraction of sp³-hybridized carbons (Fsp3) is 0.273. The van der Waals surface area contributed by atoms with Gasteiger partial charge in [0.2, 0.25) is 0 Å². The van der Waals surface area contributed by atoms with Crippen LogP contribution in [0.5, 0.6) is 0 Å². The summed E-state index contributed by atoms with van der Waals surface area (Å²) in [7, 11) is 0. The molecule has 1 aromatic heterocycles. The second-order valence-corrected chi connectivity index (χ2v) is 3.59. The Morgan fingerprint density at radius 2 is 2.38 bits per heavy atom. The minimum Gasteiger partial charge on any atom is -0.303 e. The Labute approximate surface area is 92.9 Å². The molecule has 5 heteroatoms. The van der Waals surface area contributed by atoms with Crippen molar-refractivity contribution in [2.75, 3.05) is 0 Å². The molecule has 1 heterocycles. The van der Waals surface area contributed by atoms with Gasteiger partial charge in [-0.1, -0.05) is 12.1 Å². The first-order chi connectivity index (χ1) is 7.75. The van der Waals surface area contributed by atoms with Crippen molar-refractivity contribution >= 4 is 0 Å². The van der Waals surface area contributed by atoms with Gasteiger partial charge in [-0.25, -0.2) is 9.37 Å². The Kier molecular flexibility index (Phi) is 3.26. The zero-order valence-electron chi connectivity index (χ0n) is 8.94. The van der Waals surface area contributed by atoms with Crippen molar-refractivity contribution in [3.05, 3.63) is 47.8 Å². The van der Waals surface area contributed by atoms with Crippen molar-refractivity contribution in [2.24, 2.45) is 0 Å². The summed E-state index contributed by atoms with van der Waals surface area (Å²) >= 11 is 0. The molecule has 0 bridgehead atoms. The first kappa shape index (κ1) is 10.8. The van der Waals surface area contributed by atoms with Crippen molar-refractivity contribution < 1.29 is 4.39 Å². The molecule has 0 spiro atoms. The predicted octanol–water partition coefficient (Wildman–Crippen LogP) is 1.79. The van der Waals surface area contributed by atoms with E-state index in [4.69, 9.17) is 0 Å². The van der Waals surface area contributed by atoms with Gasteiger partial charge in [0, 0.05) is 6.04 Å². The maximum absolute atomic E-state index is 13.0. The highest BCUT2D eigenvalue weighted by molar-refractivity contribution is 5.19. The molecule has 2 rings (SSSR count). The van der Waals surface area contributed by atoms with Crippen LogP contribution in [0.1, 0.15) is 24.4 Å². The van der Waals surface area contributed by atoms with Crippen molar-refractivity contribution in [1.29, 1.82) is 0 Å². The molecule has 0 fully saturated rings. The van der Waals surface area contributed by atoms with Crippen LogP contribution in [0.15, 0.2) is 30.6 Å². The lowest BCUT2D eigenvalue weighted by atomic mass is 10.1. The largest absolute Gasteiger partial charge is 0.303 e. The van der Waals surface area contributed by atoms with E-state index in [1.165, 1.54) is 18.5 Å². The summed E-state index contributed by atoms with van der Waals surface area (Å²) in [5, 5.41) is 9.74. The second-order valence-electron chi connectivity index (χ2n) is 3.59. The number of nitrogens with one attached hydrogen (secondary N) is 2. The summed E-state index contributed by atoms with van der Waals surface area (Å²) in [6.07, 6.45) is 1.46. The molecular formula is C11H13FN4. The number of H-pyrrole nitrogens is 1. The van der Waals surface area contributed by atoms with E-state index in [0.29, 0.717) is 6.54 Å². The van der Waals surface area contributed by atoms with Crippen LogP contribution in [0.4, 0.5) is 4.39 Å². The summed E-state index contributed by atoms with van der Waals surface area (Å²) in [4.78, 5) is 4.00. The van der Waals surface area contributed by atoms with Gasteiger partial charge < -0.3 is 5.32 Å². The van der Waals surface area contributed by atoms with Gasteiger partial charge >= 0.3 is 0 Å². The summed E-state index contributed by atoms with van der Waals surface area (Å²) < 4.78 is 13.0. The highest BCUT2D eigenvalue weighted by Crippen LogP contribution is 2.13. The average molecular weight is 220 g/mol. The first-order valence-corrected chi connectivity index (χ1v) is 5.09. The number of aromatic nitrogens is 3. The van der Waals surface area contributed by atoms with Crippen LogP contribution in [0.3, 0.4) is 0 Å². The molecule has 1 unspecified atom stereocenters. The molecule has 0 aliphatic carbocycles. The van der Waals surface area contributed by atoms with Gasteiger partial charge in [-0.2, -0.15) is 5.10 Å². The maximum atomic E-state index is 13.0. The Bertz CT molecular complexity index is 441. The van der Waals surface area contributed by atoms with Gasteiger partial charge in [0.25, 0.3) is 0 Å². The van der Waals surface area contributed by atoms with Crippen molar-refractivity contribution in [3.63, 3.8) is 0 Å². The fourth-order valence-corrected chi connectivity index (χ4v) is 1.46. The van der Waals surface area contributed by atoms with Crippen LogP contribution in [0.2, 0.25) is 0 Å². The van der Waals surface area contributed by atoms with Crippen LogP contribution >= 0.6 is 0 Å². The van der Waals surface area contributed by atoms with Crippen molar-refractivity contribution in [3.8, 4) is 0 Å². The van der Waals surface area contributed by atoms with E-state index in [0.717, 1.165) is 11.4 Å². The molecule has 16 heavy (non-hydrogen) atoms. The molecule has 0 saturated heterocycles. The van der Waals surface area contributed by atoms with Gasteiger partial charge in [-0.15, -0.1) is 0 Å². The van der Waals surface area contributed by atoms with E-state index in [1.54, 1.807) is 6.07 Å². The molecular weight excluding hydrogens is 207 g/mol. The topological polar surface area (TPSA) is 53.6 Å². The van der Waals surface area contributed by atoms with Gasteiger partial charge in [-0.3, -0.25) is 5.10 Å². The minimum atomic E-state index is -0.217. The molecule has 84 valence electrons. The molecule has 4 nitrogen and oxygen atoms in total. The molecule has 2 aromatic rings. The highest BCUT2D eigenvalue weighted by atomic mass is 19.1. The smallest absolute Gasteiger partial charge is 0.138 e. The summed E-state index contributed by atoms with van der Waals surface area (Å²) in [6, 6.07) is 6.63. The first-order valence-electron chi connectivity index (χ1n) is 5.09. The molecule has 0 aliphatic heterocycles. The van der Waals surface area contributed by atoms with Gasteiger partial charge in [0.15, 0.2) is 0 Å². The third-order valence-corrected chi connectivity index (χ3v) is 2.39. The van der Waals surface area contributed by atoms with E-state index in [9.17, 15) is 4.39 Å². The van der Waals surface area contributed by atoms with Gasteiger partial charge in [-0.05, 0) is 24.6 Å². The molecule has 0 aliphatic rings. The van der Waals surface area contributed by atoms with E-state index >= 15 is 0 Å². The van der Waals surface area contributed by atoms with E-state index in [2.05, 4.69) is 20.5 Å². The fourth-order valence-electron chi connectivity index (χ4n) is 1.46. The zero-order chi connectivity index (χ0) is 11.4. The number of hydrogen-bond acceptors (Lipinski definition) is 3. The highest BCUT2D eigenvalue weighted by Gasteiger charge is 2.06. The molecule has 0 radical (unpaired) electrons. The normalized spacial score (nSPS) is 12.6. The lowest BCUT2D eigenvalue weighted by Crippen LogP contribution is -2.18. The molecule has 0 amide bonds. The Morgan fingerprint density at radius 1 is 1.50 bits per heavy atom. The number of aromatic amines is 1. The maximum Gasteiger partial charge on any atom is 0.138 e. The van der Waals surface area contributed by atoms with Crippen molar-refractivity contribution in [2.45, 2.75) is 19.5 Å². The van der Waals surface area contributed by atoms with Gasteiger partial charge in [0.05, 0.1) is 6.54 Å². The lowest BCUT2D eigenvalue weighted by Gasteiger charge is -2.12. The number of hydrogen-bond donors (Lipinski definition) is 2. The predicted molar refractivity (Wildman–Crippen MR) is 58.0 cm³/mol. The quantitative estimate of drug-likeness (QED) is 0.826. The van der Waals surface area contributed by atoms with E-state index < -0.39 is 0 Å². The Balaban J connectivity index is 1.95. The van der Waals surface area contributed by atoms with Crippen LogP contribution < -0.4 is 5.32 Å². The number of benzene rings is 1. The third-order valence-electron chi connectivity index (χ3n) is 2.39. The standard InChI is InChI=1S/C11H13FN4/c1-8(9-3-2-4-10(12)5-9)13-6-11-14-7-15-16-11/h2-5,7-8,13H,6H2,1H3,(H,14,15,16). The Hall–Kier alpha value is -1.75. The summed E-state index contributed by atoms with van der Waals surface area (Å²) in [6.45, 7) is 2.56. The summed E-state index contributed by atoms with van der Waals surface area (Å²) in [5.41, 5.74) is 0.916. The van der Waals surface area contributed by atoms with Crippen molar-refractivity contribution in [1.82, 2.24) is 20.5 Å². The lowest BCUT2D eigenvalue weighted by molar-refractivity contribution is 0.553. The number of nitrogens with zero attached hydrogens (tertiary/aromatic N) is 2. The molecule has 1 atom stereocenters. The Morgan fingerprint density at radius 3 is 3.06 bits per heavy atom. The number of halogens is 1. The monoisotopic (exact) mass is 220 g/mol. The second kappa shape index (κ2) is 4.85. The van der Waals surface area contributed by atoms with Crippen LogP contribution in [0.25, 0.3) is 0 Å². The molecule has 0 saturated carbocycles. The third kappa shape index (κ3) is 2.64. The molecule has 1 aromatic carbocycles. The van der Waals surface area contributed by atoms with Crippen LogP contribution in [-0.2, 0) is 6.54 Å². The van der Waals surface area contributed by atoms with E-state index in [-0.39, 0.29) is 11.9 Å². The van der Waals surface area contributed by atoms with E-state index in [1.807, 2.05) is 13.0 Å². The minimum absolute atomic E-state index is 0.0702. The average Bonchev–Trinajstić information content (AvgIpc) is 2.78. The zero-order valence-corrected chi connectivity index (χ0v) is 8.94.